The maximum Gasteiger partial charge on any atom is 0.337 e. The van der Waals surface area contributed by atoms with Crippen LogP contribution in [0.4, 0.5) is 0 Å². The lowest BCUT2D eigenvalue weighted by Crippen LogP contribution is -2.45. The van der Waals surface area contributed by atoms with E-state index in [4.69, 9.17) is 5.11 Å². The van der Waals surface area contributed by atoms with Crippen LogP contribution < -0.4 is 5.32 Å². The van der Waals surface area contributed by atoms with E-state index in [1.54, 1.807) is 6.92 Å². The van der Waals surface area contributed by atoms with Crippen molar-refractivity contribution in [1.29, 1.82) is 0 Å². The highest BCUT2D eigenvalue weighted by molar-refractivity contribution is 5.94. The van der Waals surface area contributed by atoms with Gasteiger partial charge in [0.2, 0.25) is 0 Å². The molecule has 0 aliphatic heterocycles. The Bertz CT molecular complexity index is 533. The minimum Gasteiger partial charge on any atom is -0.478 e. The highest BCUT2D eigenvalue weighted by Gasteiger charge is 2.39. The van der Waals surface area contributed by atoms with Crippen molar-refractivity contribution in [3.63, 3.8) is 0 Å². The second-order valence-electron chi connectivity index (χ2n) is 5.58. The van der Waals surface area contributed by atoms with Crippen LogP contribution in [0.15, 0.2) is 12.1 Å². The van der Waals surface area contributed by atoms with Gasteiger partial charge in [0.1, 0.15) is 5.69 Å². The minimum absolute atomic E-state index is 0.123. The molecular formula is C14H18N2O3. The number of carbonyl (C=O) groups is 2. The standard InChI is InChI=1S/C14H18N2O3/c1-8-10(13(18)19)6-7-11(15-8)12(17)16-14(2,3)9-4-5-9/h6-7,9H,4-5H2,1-3H3,(H,16,17)(H,18,19). The highest BCUT2D eigenvalue weighted by Crippen LogP contribution is 2.39. The van der Waals surface area contributed by atoms with Gasteiger partial charge < -0.3 is 10.4 Å². The molecule has 0 saturated heterocycles. The number of aryl methyl sites for hydroxylation is 1. The molecule has 5 nitrogen and oxygen atoms in total. The highest BCUT2D eigenvalue weighted by atomic mass is 16.4. The van der Waals surface area contributed by atoms with E-state index in [1.165, 1.54) is 12.1 Å². The number of hydrogen-bond acceptors (Lipinski definition) is 3. The van der Waals surface area contributed by atoms with Crippen molar-refractivity contribution in [1.82, 2.24) is 10.3 Å². The number of aromatic carboxylic acids is 1. The van der Waals surface area contributed by atoms with Crippen LogP contribution in [-0.2, 0) is 0 Å². The molecule has 0 radical (unpaired) electrons. The van der Waals surface area contributed by atoms with Crippen LogP contribution in [0, 0.1) is 12.8 Å². The van der Waals surface area contributed by atoms with Crippen molar-refractivity contribution in [2.45, 2.75) is 39.2 Å². The van der Waals surface area contributed by atoms with E-state index >= 15 is 0 Å². The molecule has 1 aliphatic carbocycles. The molecule has 2 rings (SSSR count). The number of carbonyl (C=O) groups excluding carboxylic acids is 1. The van der Waals surface area contributed by atoms with Crippen molar-refractivity contribution >= 4 is 11.9 Å². The molecule has 1 heterocycles. The summed E-state index contributed by atoms with van der Waals surface area (Å²) in [5.41, 5.74) is 0.497. The Labute approximate surface area is 112 Å². The summed E-state index contributed by atoms with van der Waals surface area (Å²) >= 11 is 0. The first-order valence-corrected chi connectivity index (χ1v) is 6.34. The van der Waals surface area contributed by atoms with Crippen LogP contribution >= 0.6 is 0 Å². The SMILES string of the molecule is Cc1nc(C(=O)NC(C)(C)C2CC2)ccc1C(=O)O. The van der Waals surface area contributed by atoms with Gasteiger partial charge in [-0.1, -0.05) is 0 Å². The van der Waals surface area contributed by atoms with E-state index in [9.17, 15) is 9.59 Å². The third-order valence-corrected chi connectivity index (χ3v) is 3.58. The summed E-state index contributed by atoms with van der Waals surface area (Å²) in [7, 11) is 0. The van der Waals surface area contributed by atoms with Gasteiger partial charge >= 0.3 is 5.97 Å². The Morgan fingerprint density at radius 3 is 2.47 bits per heavy atom. The van der Waals surface area contributed by atoms with Crippen molar-refractivity contribution in [2.24, 2.45) is 5.92 Å². The molecule has 0 bridgehead atoms. The summed E-state index contributed by atoms with van der Waals surface area (Å²) in [5, 5.41) is 11.9. The Kier molecular flexibility index (Phi) is 3.30. The van der Waals surface area contributed by atoms with Gasteiger partial charge in [-0.25, -0.2) is 9.78 Å². The monoisotopic (exact) mass is 262 g/mol. The first-order valence-electron chi connectivity index (χ1n) is 6.34. The maximum atomic E-state index is 12.1. The summed E-state index contributed by atoms with van der Waals surface area (Å²) in [5.74, 6) is -0.761. The molecule has 0 unspecified atom stereocenters. The molecule has 1 aromatic rings. The lowest BCUT2D eigenvalue weighted by molar-refractivity contribution is 0.0694. The smallest absolute Gasteiger partial charge is 0.337 e. The van der Waals surface area contributed by atoms with Gasteiger partial charge in [0.05, 0.1) is 11.3 Å². The largest absolute Gasteiger partial charge is 0.478 e. The zero-order chi connectivity index (χ0) is 14.2. The Morgan fingerprint density at radius 2 is 2.00 bits per heavy atom. The van der Waals surface area contributed by atoms with Crippen LogP contribution in [0.5, 0.6) is 0 Å². The van der Waals surface area contributed by atoms with E-state index in [0.717, 1.165) is 12.8 Å². The second kappa shape index (κ2) is 4.64. The van der Waals surface area contributed by atoms with Gasteiger partial charge in [0.25, 0.3) is 5.91 Å². The molecule has 1 fully saturated rings. The van der Waals surface area contributed by atoms with Crippen molar-refractivity contribution in [3.05, 3.63) is 29.1 Å². The zero-order valence-electron chi connectivity index (χ0n) is 11.4. The number of carboxylic acid groups (broad SMARTS) is 1. The zero-order valence-corrected chi connectivity index (χ0v) is 11.4. The molecule has 0 atom stereocenters. The molecule has 1 aliphatic rings. The van der Waals surface area contributed by atoms with Crippen molar-refractivity contribution < 1.29 is 14.7 Å². The Hall–Kier alpha value is -1.91. The summed E-state index contributed by atoms with van der Waals surface area (Å²) < 4.78 is 0. The van der Waals surface area contributed by atoms with Crippen LogP contribution in [0.3, 0.4) is 0 Å². The predicted octanol–water partition coefficient (Wildman–Crippen LogP) is 2.01. The molecule has 2 N–H and O–H groups in total. The van der Waals surface area contributed by atoms with E-state index < -0.39 is 5.97 Å². The van der Waals surface area contributed by atoms with Crippen molar-refractivity contribution in [3.8, 4) is 0 Å². The molecule has 1 aromatic heterocycles. The molecule has 19 heavy (non-hydrogen) atoms. The Balaban J connectivity index is 2.15. The van der Waals surface area contributed by atoms with E-state index in [1.807, 2.05) is 13.8 Å². The number of rotatable bonds is 4. The lowest BCUT2D eigenvalue weighted by atomic mass is 9.98. The quantitative estimate of drug-likeness (QED) is 0.869. The van der Waals surface area contributed by atoms with Gasteiger partial charge in [0.15, 0.2) is 0 Å². The number of pyridine rings is 1. The average molecular weight is 262 g/mol. The summed E-state index contributed by atoms with van der Waals surface area (Å²) in [4.78, 5) is 27.1. The van der Waals surface area contributed by atoms with Gasteiger partial charge in [0, 0.05) is 5.54 Å². The number of carboxylic acids is 1. The second-order valence-corrected chi connectivity index (χ2v) is 5.58. The molecule has 102 valence electrons. The predicted molar refractivity (Wildman–Crippen MR) is 70.2 cm³/mol. The van der Waals surface area contributed by atoms with Crippen LogP contribution in [0.2, 0.25) is 0 Å². The minimum atomic E-state index is -1.03. The maximum absolute atomic E-state index is 12.1. The number of aromatic nitrogens is 1. The van der Waals surface area contributed by atoms with Crippen LogP contribution in [0.1, 0.15) is 53.2 Å². The molecule has 1 saturated carbocycles. The topological polar surface area (TPSA) is 79.3 Å². The molecular weight excluding hydrogens is 244 g/mol. The van der Waals surface area contributed by atoms with E-state index in [0.29, 0.717) is 11.6 Å². The van der Waals surface area contributed by atoms with Gasteiger partial charge in [-0.15, -0.1) is 0 Å². The molecule has 1 amide bonds. The third kappa shape index (κ3) is 2.92. The van der Waals surface area contributed by atoms with Crippen LogP contribution in [-0.4, -0.2) is 27.5 Å². The van der Waals surface area contributed by atoms with Crippen LogP contribution in [0.25, 0.3) is 0 Å². The molecule has 0 aromatic carbocycles. The Morgan fingerprint density at radius 1 is 1.37 bits per heavy atom. The lowest BCUT2D eigenvalue weighted by Gasteiger charge is -2.26. The average Bonchev–Trinajstić information content (AvgIpc) is 3.11. The van der Waals surface area contributed by atoms with E-state index in [-0.39, 0.29) is 22.7 Å². The number of amides is 1. The number of nitrogens with one attached hydrogen (secondary N) is 1. The fourth-order valence-corrected chi connectivity index (χ4v) is 2.18. The normalized spacial score (nSPS) is 15.1. The molecule has 5 heteroatoms. The van der Waals surface area contributed by atoms with Gasteiger partial charge in [-0.3, -0.25) is 4.79 Å². The third-order valence-electron chi connectivity index (χ3n) is 3.58. The molecule has 0 spiro atoms. The van der Waals surface area contributed by atoms with Gasteiger partial charge in [-0.05, 0) is 51.7 Å². The number of nitrogens with zero attached hydrogens (tertiary/aromatic N) is 1. The fraction of sp³-hybridized carbons (Fsp3) is 0.500. The number of hydrogen-bond donors (Lipinski definition) is 2. The summed E-state index contributed by atoms with van der Waals surface area (Å²) in [6.07, 6.45) is 2.27. The summed E-state index contributed by atoms with van der Waals surface area (Å²) in [6, 6.07) is 2.87. The van der Waals surface area contributed by atoms with E-state index in [2.05, 4.69) is 10.3 Å². The fourth-order valence-electron chi connectivity index (χ4n) is 2.18. The first kappa shape index (κ1) is 13.5. The van der Waals surface area contributed by atoms with Crippen molar-refractivity contribution in [2.75, 3.05) is 0 Å². The summed E-state index contributed by atoms with van der Waals surface area (Å²) in [6.45, 7) is 5.59. The first-order chi connectivity index (χ1) is 8.81. The van der Waals surface area contributed by atoms with Gasteiger partial charge in [-0.2, -0.15) is 0 Å².